The molecule has 1 N–H and O–H groups in total. The number of pyridine rings is 1. The van der Waals surface area contributed by atoms with Gasteiger partial charge in [0.05, 0.1) is 23.8 Å². The molecule has 0 radical (unpaired) electrons. The molecule has 1 aliphatic rings. The fraction of sp³-hybridized carbons (Fsp3) is 0.167. The van der Waals surface area contributed by atoms with E-state index in [-0.39, 0.29) is 10.8 Å². The lowest BCUT2D eigenvalue weighted by Crippen LogP contribution is -2.40. The van der Waals surface area contributed by atoms with Gasteiger partial charge in [-0.3, -0.25) is 9.78 Å². The van der Waals surface area contributed by atoms with Crippen molar-refractivity contribution in [2.45, 2.75) is 4.90 Å². The van der Waals surface area contributed by atoms with Crippen LogP contribution in [-0.2, 0) is 14.8 Å². The molecule has 1 saturated heterocycles. The molecule has 1 aliphatic heterocycles. The normalized spacial score (nSPS) is 15.0. The summed E-state index contributed by atoms with van der Waals surface area (Å²) in [6.07, 6.45) is 5.55. The topological polar surface area (TPSA) is 88.6 Å². The van der Waals surface area contributed by atoms with Gasteiger partial charge < -0.3 is 10.1 Å². The van der Waals surface area contributed by atoms with Gasteiger partial charge in [-0.2, -0.15) is 4.31 Å². The van der Waals surface area contributed by atoms with E-state index >= 15 is 0 Å². The predicted octanol–water partition coefficient (Wildman–Crippen LogP) is 3.53. The molecule has 1 fully saturated rings. The van der Waals surface area contributed by atoms with Crippen molar-refractivity contribution >= 4 is 33.8 Å². The maximum atomic E-state index is 12.7. The van der Waals surface area contributed by atoms with Crippen molar-refractivity contribution in [2.75, 3.05) is 31.6 Å². The summed E-state index contributed by atoms with van der Waals surface area (Å²) in [7, 11) is -3.59. The van der Waals surface area contributed by atoms with Crippen molar-refractivity contribution in [1.29, 1.82) is 0 Å². The molecule has 0 atom stereocenters. The highest BCUT2D eigenvalue weighted by Crippen LogP contribution is 2.19. The first-order chi connectivity index (χ1) is 15.5. The summed E-state index contributed by atoms with van der Waals surface area (Å²) in [5.74, 6) is -0.314. The van der Waals surface area contributed by atoms with Crippen LogP contribution in [0.1, 0.15) is 21.6 Å². The van der Waals surface area contributed by atoms with Gasteiger partial charge >= 0.3 is 0 Å². The number of morpholine rings is 1. The molecule has 32 heavy (non-hydrogen) atoms. The van der Waals surface area contributed by atoms with E-state index in [9.17, 15) is 13.2 Å². The van der Waals surface area contributed by atoms with Crippen LogP contribution in [0.25, 0.3) is 12.2 Å². The Morgan fingerprint density at radius 2 is 1.75 bits per heavy atom. The molecule has 0 unspecified atom stereocenters. The van der Waals surface area contributed by atoms with Gasteiger partial charge in [-0.15, -0.1) is 0 Å². The number of hydrogen-bond donors (Lipinski definition) is 1. The zero-order valence-corrected chi connectivity index (χ0v) is 18.2. The third-order valence-corrected chi connectivity index (χ3v) is 6.92. The van der Waals surface area contributed by atoms with Crippen LogP contribution in [-0.4, -0.2) is 49.9 Å². The number of nitrogens with one attached hydrogen (secondary N) is 1. The molecule has 0 spiro atoms. The smallest absolute Gasteiger partial charge is 0.255 e. The second kappa shape index (κ2) is 9.86. The van der Waals surface area contributed by atoms with Gasteiger partial charge in [-0.05, 0) is 60.2 Å². The Morgan fingerprint density at radius 1 is 0.969 bits per heavy atom. The molecule has 1 amide bonds. The predicted molar refractivity (Wildman–Crippen MR) is 124 cm³/mol. The summed E-state index contributed by atoms with van der Waals surface area (Å²) in [5.41, 5.74) is 2.78. The summed E-state index contributed by atoms with van der Waals surface area (Å²) >= 11 is 0. The number of ether oxygens (including phenoxy) is 1. The van der Waals surface area contributed by atoms with Gasteiger partial charge in [0, 0.05) is 30.5 Å². The molecule has 2 heterocycles. The Hall–Kier alpha value is -3.33. The lowest BCUT2D eigenvalue weighted by atomic mass is 10.1. The number of sulfonamides is 1. The van der Waals surface area contributed by atoms with Gasteiger partial charge in [0.2, 0.25) is 10.0 Å². The monoisotopic (exact) mass is 449 g/mol. The number of anilines is 1. The number of benzene rings is 2. The van der Waals surface area contributed by atoms with Gasteiger partial charge in [0.25, 0.3) is 5.91 Å². The highest BCUT2D eigenvalue weighted by molar-refractivity contribution is 7.89. The van der Waals surface area contributed by atoms with Gasteiger partial charge in [0.1, 0.15) is 0 Å². The number of carbonyl (C=O) groups excluding carboxylic acids is 1. The molecule has 0 aliphatic carbocycles. The summed E-state index contributed by atoms with van der Waals surface area (Å²) in [5, 5.41) is 2.85. The van der Waals surface area contributed by atoms with Crippen LogP contribution in [0, 0.1) is 0 Å². The molecule has 2 aromatic carbocycles. The van der Waals surface area contributed by atoms with Crippen LogP contribution in [0.2, 0.25) is 0 Å². The minimum absolute atomic E-state index is 0.164. The highest BCUT2D eigenvalue weighted by atomic mass is 32.2. The van der Waals surface area contributed by atoms with E-state index in [1.807, 2.05) is 48.6 Å². The maximum Gasteiger partial charge on any atom is 0.255 e. The summed E-state index contributed by atoms with van der Waals surface area (Å²) < 4.78 is 32.1. The second-order valence-corrected chi connectivity index (χ2v) is 9.15. The van der Waals surface area contributed by atoms with E-state index in [2.05, 4.69) is 10.3 Å². The van der Waals surface area contributed by atoms with Crippen LogP contribution >= 0.6 is 0 Å². The zero-order valence-electron chi connectivity index (χ0n) is 17.3. The first kappa shape index (κ1) is 21.9. The minimum atomic E-state index is -3.59. The van der Waals surface area contributed by atoms with E-state index in [1.165, 1.54) is 28.6 Å². The van der Waals surface area contributed by atoms with E-state index in [4.69, 9.17) is 4.74 Å². The van der Waals surface area contributed by atoms with Crippen LogP contribution in [0.3, 0.4) is 0 Å². The molecular formula is C24H23N3O4S. The number of hydrogen-bond acceptors (Lipinski definition) is 5. The number of carbonyl (C=O) groups is 1. The molecule has 1 aromatic heterocycles. The second-order valence-electron chi connectivity index (χ2n) is 7.21. The molecule has 0 saturated carbocycles. The number of amides is 1. The van der Waals surface area contributed by atoms with Crippen molar-refractivity contribution in [2.24, 2.45) is 0 Å². The number of nitrogens with zero attached hydrogens (tertiary/aromatic N) is 2. The average Bonchev–Trinajstić information content (AvgIpc) is 2.84. The van der Waals surface area contributed by atoms with Crippen molar-refractivity contribution in [1.82, 2.24) is 9.29 Å². The van der Waals surface area contributed by atoms with Crippen molar-refractivity contribution in [3.63, 3.8) is 0 Å². The summed E-state index contributed by atoms with van der Waals surface area (Å²) in [6.45, 7) is 1.43. The lowest BCUT2D eigenvalue weighted by Gasteiger charge is -2.26. The minimum Gasteiger partial charge on any atom is -0.379 e. The SMILES string of the molecule is O=C(Nc1cccc(/C=C/c2ccccn2)c1)c1ccc(S(=O)(=O)N2CCOCC2)cc1. The molecule has 8 heteroatoms. The van der Waals surface area contributed by atoms with Crippen molar-refractivity contribution < 1.29 is 17.9 Å². The quantitative estimate of drug-likeness (QED) is 0.622. The van der Waals surface area contributed by atoms with E-state index in [0.717, 1.165) is 11.3 Å². The first-order valence-corrected chi connectivity index (χ1v) is 11.6. The summed E-state index contributed by atoms with van der Waals surface area (Å²) in [4.78, 5) is 17.1. The van der Waals surface area contributed by atoms with E-state index in [0.29, 0.717) is 37.6 Å². The Bertz CT molecular complexity index is 1200. The Labute approximate surface area is 187 Å². The van der Waals surface area contributed by atoms with Gasteiger partial charge in [0.15, 0.2) is 0 Å². The number of aromatic nitrogens is 1. The number of rotatable bonds is 6. The molecule has 7 nitrogen and oxygen atoms in total. The largest absolute Gasteiger partial charge is 0.379 e. The van der Waals surface area contributed by atoms with E-state index < -0.39 is 10.0 Å². The Morgan fingerprint density at radius 3 is 2.47 bits per heavy atom. The molecular weight excluding hydrogens is 426 g/mol. The third-order valence-electron chi connectivity index (χ3n) is 5.00. The van der Waals surface area contributed by atoms with Crippen LogP contribution < -0.4 is 5.32 Å². The fourth-order valence-electron chi connectivity index (χ4n) is 3.29. The zero-order chi connectivity index (χ0) is 22.4. The van der Waals surface area contributed by atoms with Gasteiger partial charge in [-0.1, -0.05) is 24.3 Å². The average molecular weight is 450 g/mol. The van der Waals surface area contributed by atoms with E-state index in [1.54, 1.807) is 12.3 Å². The Kier molecular flexibility index (Phi) is 6.75. The maximum absolute atomic E-state index is 12.7. The third kappa shape index (κ3) is 5.28. The molecule has 0 bridgehead atoms. The molecule has 164 valence electrons. The molecule has 4 rings (SSSR count). The standard InChI is InChI=1S/C24H23N3O4S/c28-24(20-8-11-23(12-9-20)32(29,30)27-14-16-31-17-15-27)26-22-6-3-4-19(18-22)7-10-21-5-1-2-13-25-21/h1-13,18H,14-17H2,(H,26,28)/b10-7+. The molecule has 3 aromatic rings. The van der Waals surface area contributed by atoms with Crippen LogP contribution in [0.4, 0.5) is 5.69 Å². The van der Waals surface area contributed by atoms with Crippen LogP contribution in [0.15, 0.2) is 77.8 Å². The van der Waals surface area contributed by atoms with Crippen molar-refractivity contribution in [3.05, 3.63) is 89.7 Å². The summed E-state index contributed by atoms with van der Waals surface area (Å²) in [6, 6.07) is 19.1. The fourth-order valence-corrected chi connectivity index (χ4v) is 4.70. The van der Waals surface area contributed by atoms with Crippen molar-refractivity contribution in [3.8, 4) is 0 Å². The first-order valence-electron chi connectivity index (χ1n) is 10.2. The Balaban J connectivity index is 1.43. The van der Waals surface area contributed by atoms with Gasteiger partial charge in [-0.25, -0.2) is 8.42 Å². The lowest BCUT2D eigenvalue weighted by molar-refractivity contribution is 0.0730. The highest BCUT2D eigenvalue weighted by Gasteiger charge is 2.26. The van der Waals surface area contributed by atoms with Crippen LogP contribution in [0.5, 0.6) is 0 Å².